The fourth-order valence-corrected chi connectivity index (χ4v) is 2.37. The third kappa shape index (κ3) is 3.63. The topological polar surface area (TPSA) is 18.5 Å². The predicted octanol–water partition coefficient (Wildman–Crippen LogP) is 4.05. The first kappa shape index (κ1) is 14.6. The Labute approximate surface area is 121 Å². The normalized spacial score (nSPS) is 11.0. The van der Waals surface area contributed by atoms with E-state index in [1.54, 1.807) is 7.11 Å². The summed E-state index contributed by atoms with van der Waals surface area (Å²) in [4.78, 5) is 0. The molecule has 0 N–H and O–H groups in total. The lowest BCUT2D eigenvalue weighted by Gasteiger charge is -2.11. The second-order valence-corrected chi connectivity index (χ2v) is 10.5. The van der Waals surface area contributed by atoms with Crippen LogP contribution in [0.25, 0.3) is 10.8 Å². The largest absolute Gasteiger partial charge is 0.466 e. The van der Waals surface area contributed by atoms with Crippen LogP contribution in [0.1, 0.15) is 5.56 Å². The van der Waals surface area contributed by atoms with Crippen molar-refractivity contribution in [3.63, 3.8) is 0 Å². The van der Waals surface area contributed by atoms with Crippen LogP contribution in [0, 0.1) is 11.5 Å². The van der Waals surface area contributed by atoms with Crippen LogP contribution in [-0.2, 0) is 4.74 Å². The molecule has 0 spiro atoms. The van der Waals surface area contributed by atoms with Crippen molar-refractivity contribution in [1.29, 1.82) is 0 Å². The van der Waals surface area contributed by atoms with Crippen LogP contribution in [0.3, 0.4) is 0 Å². The van der Waals surface area contributed by atoms with Gasteiger partial charge in [0, 0.05) is 12.5 Å². The van der Waals surface area contributed by atoms with Gasteiger partial charge in [-0.3, -0.25) is 0 Å². The fraction of sp³-hybridized carbons (Fsp3) is 0.294. The van der Waals surface area contributed by atoms with Crippen molar-refractivity contribution >= 4 is 18.8 Å². The third-order valence-electron chi connectivity index (χ3n) is 2.79. The molecule has 0 aliphatic heterocycles. The number of benzene rings is 2. The fourth-order valence-electron chi connectivity index (χ4n) is 1.87. The Balaban J connectivity index is 2.57. The van der Waals surface area contributed by atoms with Gasteiger partial charge in [0.1, 0.15) is 13.8 Å². The molecule has 2 rings (SSSR count). The van der Waals surface area contributed by atoms with Crippen LogP contribution in [0.2, 0.25) is 19.6 Å². The molecule has 2 aromatic carbocycles. The summed E-state index contributed by atoms with van der Waals surface area (Å²) in [5.74, 6) is 4.12. The van der Waals surface area contributed by atoms with Crippen molar-refractivity contribution in [3.8, 4) is 17.2 Å². The molecular formula is C17H20O2Si. The quantitative estimate of drug-likeness (QED) is 0.481. The number of hydrogen-bond acceptors (Lipinski definition) is 2. The van der Waals surface area contributed by atoms with E-state index in [9.17, 15) is 0 Å². The smallest absolute Gasteiger partial charge is 0.188 e. The van der Waals surface area contributed by atoms with Crippen molar-refractivity contribution in [1.82, 2.24) is 0 Å². The van der Waals surface area contributed by atoms with E-state index in [0.29, 0.717) is 0 Å². The molecular weight excluding hydrogens is 264 g/mol. The summed E-state index contributed by atoms with van der Waals surface area (Å²) in [6.45, 7) is 6.95. The summed E-state index contributed by atoms with van der Waals surface area (Å²) in [6, 6.07) is 12.3. The average molecular weight is 284 g/mol. The van der Waals surface area contributed by atoms with E-state index in [4.69, 9.17) is 9.47 Å². The van der Waals surface area contributed by atoms with E-state index in [-0.39, 0.29) is 6.79 Å². The van der Waals surface area contributed by atoms with E-state index in [1.807, 2.05) is 18.2 Å². The highest BCUT2D eigenvalue weighted by molar-refractivity contribution is 6.83. The lowest BCUT2D eigenvalue weighted by Crippen LogP contribution is -2.16. The van der Waals surface area contributed by atoms with Crippen LogP contribution in [0.5, 0.6) is 5.75 Å². The minimum atomic E-state index is -1.43. The van der Waals surface area contributed by atoms with Gasteiger partial charge < -0.3 is 9.47 Å². The maximum Gasteiger partial charge on any atom is 0.188 e. The van der Waals surface area contributed by atoms with Gasteiger partial charge in [-0.25, -0.2) is 0 Å². The molecule has 2 nitrogen and oxygen atoms in total. The van der Waals surface area contributed by atoms with E-state index in [0.717, 1.165) is 16.7 Å². The SMILES string of the molecule is COCOc1ccc2ccccc2c1C#C[Si](C)(C)C. The average Bonchev–Trinajstić information content (AvgIpc) is 2.42. The first-order valence-electron chi connectivity index (χ1n) is 6.68. The third-order valence-corrected chi connectivity index (χ3v) is 3.66. The summed E-state index contributed by atoms with van der Waals surface area (Å²) in [5.41, 5.74) is 4.38. The standard InChI is InChI=1S/C17H20O2Si/c1-18-13-19-17-10-9-14-7-5-6-8-15(14)16(17)11-12-20(2,3)4/h5-10H,13H2,1-4H3. The number of methoxy groups -OCH3 is 1. The first-order chi connectivity index (χ1) is 9.51. The van der Waals surface area contributed by atoms with Crippen LogP contribution >= 0.6 is 0 Å². The van der Waals surface area contributed by atoms with Crippen molar-refractivity contribution in [2.75, 3.05) is 13.9 Å². The van der Waals surface area contributed by atoms with Gasteiger partial charge in [-0.2, -0.15) is 0 Å². The van der Waals surface area contributed by atoms with Crippen molar-refractivity contribution < 1.29 is 9.47 Å². The molecule has 3 heteroatoms. The Bertz CT molecular complexity index is 660. The second-order valence-electron chi connectivity index (χ2n) is 5.71. The Kier molecular flexibility index (Phi) is 4.48. The number of hydrogen-bond donors (Lipinski definition) is 0. The highest BCUT2D eigenvalue weighted by atomic mass is 28.3. The Hall–Kier alpha value is -1.76. The molecule has 0 saturated heterocycles. The maximum atomic E-state index is 5.65. The van der Waals surface area contributed by atoms with Crippen LogP contribution < -0.4 is 4.74 Å². The van der Waals surface area contributed by atoms with Gasteiger partial charge in [-0.05, 0) is 11.5 Å². The van der Waals surface area contributed by atoms with Crippen LogP contribution in [0.15, 0.2) is 36.4 Å². The van der Waals surface area contributed by atoms with E-state index in [2.05, 4.69) is 49.3 Å². The van der Waals surface area contributed by atoms with Crippen molar-refractivity contribution in [2.24, 2.45) is 0 Å². The van der Waals surface area contributed by atoms with Gasteiger partial charge in [0.2, 0.25) is 0 Å². The molecule has 0 aromatic heterocycles. The molecule has 2 aromatic rings. The van der Waals surface area contributed by atoms with Crippen molar-refractivity contribution in [3.05, 3.63) is 42.0 Å². The molecule has 0 saturated carbocycles. The van der Waals surface area contributed by atoms with E-state index >= 15 is 0 Å². The van der Waals surface area contributed by atoms with E-state index < -0.39 is 8.07 Å². The van der Waals surface area contributed by atoms with Crippen molar-refractivity contribution in [2.45, 2.75) is 19.6 Å². The molecule has 0 atom stereocenters. The number of rotatable bonds is 3. The van der Waals surface area contributed by atoms with Gasteiger partial charge in [-0.15, -0.1) is 5.54 Å². The molecule has 0 amide bonds. The minimum absolute atomic E-state index is 0.236. The molecule has 104 valence electrons. The zero-order valence-electron chi connectivity index (χ0n) is 12.5. The molecule has 20 heavy (non-hydrogen) atoms. The summed E-state index contributed by atoms with van der Waals surface area (Å²) >= 11 is 0. The summed E-state index contributed by atoms with van der Waals surface area (Å²) < 4.78 is 10.6. The van der Waals surface area contributed by atoms with Gasteiger partial charge in [-0.1, -0.05) is 55.9 Å². The molecule has 0 unspecified atom stereocenters. The lowest BCUT2D eigenvalue weighted by molar-refractivity contribution is 0.0510. The van der Waals surface area contributed by atoms with E-state index in [1.165, 1.54) is 5.39 Å². The first-order valence-corrected chi connectivity index (χ1v) is 10.2. The number of fused-ring (bicyclic) bond motifs is 1. The van der Waals surface area contributed by atoms with Crippen LogP contribution in [0.4, 0.5) is 0 Å². The molecule has 0 aliphatic rings. The monoisotopic (exact) mass is 284 g/mol. The Morgan fingerprint density at radius 1 is 1.05 bits per heavy atom. The molecule has 0 heterocycles. The molecule has 0 fully saturated rings. The van der Waals surface area contributed by atoms with Gasteiger partial charge in [0.25, 0.3) is 0 Å². The summed E-state index contributed by atoms with van der Waals surface area (Å²) in [7, 11) is 0.190. The summed E-state index contributed by atoms with van der Waals surface area (Å²) in [5, 5.41) is 2.31. The molecule has 0 radical (unpaired) electrons. The highest BCUT2D eigenvalue weighted by Gasteiger charge is 2.10. The minimum Gasteiger partial charge on any atom is -0.466 e. The Morgan fingerprint density at radius 2 is 1.80 bits per heavy atom. The second kappa shape index (κ2) is 6.13. The lowest BCUT2D eigenvalue weighted by atomic mass is 10.0. The number of ether oxygens (including phenoxy) is 2. The molecule has 0 aliphatic carbocycles. The van der Waals surface area contributed by atoms with Gasteiger partial charge in [0.05, 0.1) is 5.56 Å². The zero-order valence-corrected chi connectivity index (χ0v) is 13.5. The predicted molar refractivity (Wildman–Crippen MR) is 86.7 cm³/mol. The maximum absolute atomic E-state index is 5.65. The zero-order chi connectivity index (χ0) is 14.6. The summed E-state index contributed by atoms with van der Waals surface area (Å²) in [6.07, 6.45) is 0. The Morgan fingerprint density at radius 3 is 2.50 bits per heavy atom. The van der Waals surface area contributed by atoms with Gasteiger partial charge in [0.15, 0.2) is 6.79 Å². The van der Waals surface area contributed by atoms with Crippen LogP contribution in [-0.4, -0.2) is 22.0 Å². The molecule has 0 bridgehead atoms. The van der Waals surface area contributed by atoms with Gasteiger partial charge >= 0.3 is 0 Å². The highest BCUT2D eigenvalue weighted by Crippen LogP contribution is 2.27.